The molecular formula is C13H15BrO6. The van der Waals surface area contributed by atoms with Crippen molar-refractivity contribution in [1.82, 2.24) is 0 Å². The van der Waals surface area contributed by atoms with Crippen LogP contribution in [-0.2, 0) is 19.7 Å². The number of carboxylic acids is 1. The largest absolute Gasteiger partial charge is 0.493 e. The predicted molar refractivity (Wildman–Crippen MR) is 74.2 cm³/mol. The molecule has 1 aromatic rings. The summed E-state index contributed by atoms with van der Waals surface area (Å²) >= 11 is 3.25. The number of rotatable bonds is 5. The summed E-state index contributed by atoms with van der Waals surface area (Å²) in [5.74, 6) is -1.46. The number of carboxylic acid groups (broad SMARTS) is 1. The molecule has 0 saturated carbocycles. The molecule has 0 aromatic heterocycles. The number of benzene rings is 1. The zero-order valence-corrected chi connectivity index (χ0v) is 13.1. The van der Waals surface area contributed by atoms with Crippen LogP contribution < -0.4 is 9.47 Å². The lowest BCUT2D eigenvalue weighted by atomic mass is 9.82. The third kappa shape index (κ3) is 2.58. The van der Waals surface area contributed by atoms with Gasteiger partial charge in [0.25, 0.3) is 0 Å². The van der Waals surface area contributed by atoms with Crippen molar-refractivity contribution < 1.29 is 28.9 Å². The Morgan fingerprint density at radius 3 is 2.05 bits per heavy atom. The Morgan fingerprint density at radius 2 is 1.65 bits per heavy atom. The van der Waals surface area contributed by atoms with Crippen LogP contribution >= 0.6 is 15.9 Å². The first-order valence-electron chi connectivity index (χ1n) is 5.56. The van der Waals surface area contributed by atoms with Gasteiger partial charge in [-0.15, -0.1) is 0 Å². The maximum absolute atomic E-state index is 11.9. The van der Waals surface area contributed by atoms with E-state index in [1.165, 1.54) is 33.3 Å². The Balaban J connectivity index is 3.57. The van der Waals surface area contributed by atoms with Gasteiger partial charge in [-0.25, -0.2) is 0 Å². The molecular weight excluding hydrogens is 332 g/mol. The molecule has 0 heterocycles. The molecule has 0 aliphatic rings. The maximum atomic E-state index is 11.9. The third-order valence-electron chi connectivity index (χ3n) is 3.03. The van der Waals surface area contributed by atoms with E-state index in [0.29, 0.717) is 16.0 Å². The van der Waals surface area contributed by atoms with E-state index in [2.05, 4.69) is 20.7 Å². The molecule has 0 saturated heterocycles. The second-order valence-electron chi connectivity index (χ2n) is 4.11. The number of carbonyl (C=O) groups excluding carboxylic acids is 1. The molecule has 6 nitrogen and oxygen atoms in total. The van der Waals surface area contributed by atoms with Crippen LogP contribution in [0.15, 0.2) is 16.6 Å². The van der Waals surface area contributed by atoms with Crippen LogP contribution in [0.2, 0.25) is 0 Å². The topological polar surface area (TPSA) is 82.1 Å². The fourth-order valence-electron chi connectivity index (χ4n) is 1.75. The van der Waals surface area contributed by atoms with Gasteiger partial charge >= 0.3 is 11.9 Å². The van der Waals surface area contributed by atoms with Crippen LogP contribution in [0.25, 0.3) is 0 Å². The highest BCUT2D eigenvalue weighted by atomic mass is 79.9. The number of ether oxygens (including phenoxy) is 3. The zero-order valence-electron chi connectivity index (χ0n) is 11.5. The van der Waals surface area contributed by atoms with E-state index in [0.717, 1.165) is 7.11 Å². The van der Waals surface area contributed by atoms with Crippen molar-refractivity contribution >= 4 is 27.9 Å². The van der Waals surface area contributed by atoms with Crippen molar-refractivity contribution in [2.45, 2.75) is 12.3 Å². The molecule has 0 aliphatic carbocycles. The van der Waals surface area contributed by atoms with E-state index in [4.69, 9.17) is 9.47 Å². The maximum Gasteiger partial charge on any atom is 0.327 e. The molecule has 1 aromatic carbocycles. The van der Waals surface area contributed by atoms with Crippen molar-refractivity contribution in [1.29, 1.82) is 0 Å². The Morgan fingerprint density at radius 1 is 1.15 bits per heavy atom. The van der Waals surface area contributed by atoms with Gasteiger partial charge in [0.2, 0.25) is 0 Å². The first-order chi connectivity index (χ1) is 9.32. The number of hydrogen-bond donors (Lipinski definition) is 1. The molecule has 0 radical (unpaired) electrons. The lowest BCUT2D eigenvalue weighted by molar-refractivity contribution is -0.158. The highest BCUT2D eigenvalue weighted by molar-refractivity contribution is 9.10. The molecule has 1 rings (SSSR count). The van der Waals surface area contributed by atoms with Crippen molar-refractivity contribution in [2.75, 3.05) is 21.3 Å². The minimum absolute atomic E-state index is 0.217. The van der Waals surface area contributed by atoms with Crippen LogP contribution in [-0.4, -0.2) is 38.4 Å². The van der Waals surface area contributed by atoms with Gasteiger partial charge in [-0.05, 0) is 24.6 Å². The first kappa shape index (κ1) is 16.3. The van der Waals surface area contributed by atoms with Gasteiger partial charge in [0.15, 0.2) is 16.9 Å². The van der Waals surface area contributed by atoms with Crippen molar-refractivity contribution in [2.24, 2.45) is 0 Å². The second-order valence-corrected chi connectivity index (χ2v) is 4.96. The highest BCUT2D eigenvalue weighted by Gasteiger charge is 2.46. The molecule has 0 amide bonds. The van der Waals surface area contributed by atoms with Crippen molar-refractivity contribution in [3.05, 3.63) is 22.2 Å². The van der Waals surface area contributed by atoms with E-state index >= 15 is 0 Å². The average molecular weight is 347 g/mol. The Kier molecular flexibility index (Phi) is 4.99. The van der Waals surface area contributed by atoms with Crippen LogP contribution in [0.5, 0.6) is 11.5 Å². The molecule has 0 spiro atoms. The van der Waals surface area contributed by atoms with E-state index in [-0.39, 0.29) is 5.56 Å². The van der Waals surface area contributed by atoms with Gasteiger partial charge in [0.05, 0.1) is 21.3 Å². The summed E-state index contributed by atoms with van der Waals surface area (Å²) in [4.78, 5) is 23.4. The lowest BCUT2D eigenvalue weighted by Gasteiger charge is -2.24. The van der Waals surface area contributed by atoms with Crippen LogP contribution in [0, 0.1) is 0 Å². The normalized spacial score (nSPS) is 13.2. The van der Waals surface area contributed by atoms with E-state index in [9.17, 15) is 14.7 Å². The summed E-state index contributed by atoms with van der Waals surface area (Å²) in [5, 5.41) is 9.41. The summed E-state index contributed by atoms with van der Waals surface area (Å²) in [7, 11) is 4.02. The number of esters is 1. The fourth-order valence-corrected chi connectivity index (χ4v) is 2.47. The third-order valence-corrected chi connectivity index (χ3v) is 3.69. The summed E-state index contributed by atoms with van der Waals surface area (Å²) in [6.07, 6.45) is 0. The van der Waals surface area contributed by atoms with Crippen molar-refractivity contribution in [3.63, 3.8) is 0 Å². The minimum Gasteiger partial charge on any atom is -0.493 e. The lowest BCUT2D eigenvalue weighted by Crippen LogP contribution is -2.42. The highest BCUT2D eigenvalue weighted by Crippen LogP contribution is 2.39. The Bertz CT molecular complexity index is 542. The monoisotopic (exact) mass is 346 g/mol. The average Bonchev–Trinajstić information content (AvgIpc) is 2.44. The fraction of sp³-hybridized carbons (Fsp3) is 0.385. The van der Waals surface area contributed by atoms with E-state index in [1.54, 1.807) is 0 Å². The summed E-state index contributed by atoms with van der Waals surface area (Å²) in [6, 6.07) is 2.98. The van der Waals surface area contributed by atoms with Crippen LogP contribution in [0.4, 0.5) is 0 Å². The molecule has 7 heteroatoms. The first-order valence-corrected chi connectivity index (χ1v) is 6.36. The van der Waals surface area contributed by atoms with E-state index in [1.807, 2.05) is 0 Å². The summed E-state index contributed by atoms with van der Waals surface area (Å²) in [6.45, 7) is 1.27. The Labute approximate surface area is 124 Å². The molecule has 110 valence electrons. The molecule has 20 heavy (non-hydrogen) atoms. The van der Waals surface area contributed by atoms with Gasteiger partial charge in [0, 0.05) is 4.47 Å². The molecule has 0 fully saturated rings. The number of halogens is 1. The van der Waals surface area contributed by atoms with Crippen LogP contribution in [0.1, 0.15) is 12.5 Å². The standard InChI is InChI=1S/C13H15BrO6/c1-13(11(15)16,12(17)20-4)7-5-9(18-2)10(19-3)6-8(7)14/h5-6H,1-4H3,(H,15,16). The number of carbonyl (C=O) groups is 2. The zero-order chi connectivity index (χ0) is 15.5. The molecule has 1 N–H and O–H groups in total. The number of aliphatic carboxylic acids is 1. The molecule has 1 atom stereocenters. The van der Waals surface area contributed by atoms with Crippen molar-refractivity contribution in [3.8, 4) is 11.5 Å². The minimum atomic E-state index is -1.85. The smallest absolute Gasteiger partial charge is 0.327 e. The predicted octanol–water partition coefficient (Wildman–Crippen LogP) is 1.98. The molecule has 1 unspecified atom stereocenters. The van der Waals surface area contributed by atoms with Gasteiger partial charge in [-0.2, -0.15) is 0 Å². The second kappa shape index (κ2) is 6.13. The Hall–Kier alpha value is -1.76. The van der Waals surface area contributed by atoms with Gasteiger partial charge < -0.3 is 19.3 Å². The molecule has 0 bridgehead atoms. The number of methoxy groups -OCH3 is 3. The molecule has 0 aliphatic heterocycles. The summed E-state index contributed by atoms with van der Waals surface area (Å²) in [5.41, 5.74) is -1.64. The van der Waals surface area contributed by atoms with Gasteiger partial charge in [0.1, 0.15) is 0 Å². The van der Waals surface area contributed by atoms with E-state index < -0.39 is 17.4 Å². The quantitative estimate of drug-likeness (QED) is 0.648. The number of hydrogen-bond acceptors (Lipinski definition) is 5. The van der Waals surface area contributed by atoms with Crippen LogP contribution in [0.3, 0.4) is 0 Å². The summed E-state index contributed by atoms with van der Waals surface area (Å²) < 4.78 is 15.3. The SMILES string of the molecule is COC(=O)C(C)(C(=O)O)c1cc(OC)c(OC)cc1Br. The van der Waals surface area contributed by atoms with Gasteiger partial charge in [-0.3, -0.25) is 9.59 Å². The van der Waals surface area contributed by atoms with Gasteiger partial charge in [-0.1, -0.05) is 15.9 Å².